The first-order valence-corrected chi connectivity index (χ1v) is 4.02. The lowest BCUT2D eigenvalue weighted by Crippen LogP contribution is -1.91. The summed E-state index contributed by atoms with van der Waals surface area (Å²) in [4.78, 5) is 0. The molecule has 0 bridgehead atoms. The van der Waals surface area contributed by atoms with Gasteiger partial charge in [0.2, 0.25) is 0 Å². The lowest BCUT2D eigenvalue weighted by atomic mass is 10.2. The topological polar surface area (TPSA) is 38.7 Å². The van der Waals surface area contributed by atoms with E-state index in [0.717, 1.165) is 0 Å². The highest BCUT2D eigenvalue weighted by atomic mass is 79.9. The fourth-order valence-corrected chi connectivity index (χ4v) is 1.22. The number of hydrogen-bond donors (Lipinski definition) is 1. The Morgan fingerprint density at radius 3 is 2.83 bits per heavy atom. The van der Waals surface area contributed by atoms with Crippen molar-refractivity contribution in [2.75, 3.05) is 7.11 Å². The zero-order chi connectivity index (χ0) is 8.97. The standard InChI is InChI=1S/C8H9BrO3/c1-11-5-6-7(10)3-2-4-8(6)12-9/h2-4,10H,5H2,1H3. The van der Waals surface area contributed by atoms with E-state index in [1.807, 2.05) is 0 Å². The Labute approximate surface area is 79.4 Å². The molecule has 0 heterocycles. The van der Waals surface area contributed by atoms with Crippen molar-refractivity contribution < 1.29 is 13.7 Å². The van der Waals surface area contributed by atoms with Crippen LogP contribution in [0.25, 0.3) is 0 Å². The van der Waals surface area contributed by atoms with Crippen molar-refractivity contribution in [3.63, 3.8) is 0 Å². The molecule has 0 atom stereocenters. The maximum atomic E-state index is 9.37. The van der Waals surface area contributed by atoms with Gasteiger partial charge in [-0.05, 0) is 12.1 Å². The Balaban J connectivity index is 3.02. The van der Waals surface area contributed by atoms with Crippen LogP contribution in [0.2, 0.25) is 0 Å². The van der Waals surface area contributed by atoms with Crippen molar-refractivity contribution in [1.29, 1.82) is 0 Å². The van der Waals surface area contributed by atoms with E-state index >= 15 is 0 Å². The number of benzene rings is 1. The molecule has 0 amide bonds. The van der Waals surface area contributed by atoms with Crippen LogP contribution in [0.3, 0.4) is 0 Å². The molecule has 12 heavy (non-hydrogen) atoms. The van der Waals surface area contributed by atoms with Crippen LogP contribution in [0.5, 0.6) is 11.5 Å². The number of rotatable bonds is 3. The molecule has 0 saturated carbocycles. The number of methoxy groups -OCH3 is 1. The first-order chi connectivity index (χ1) is 5.79. The molecular weight excluding hydrogens is 224 g/mol. The zero-order valence-electron chi connectivity index (χ0n) is 6.58. The van der Waals surface area contributed by atoms with Crippen LogP contribution in [-0.4, -0.2) is 12.2 Å². The lowest BCUT2D eigenvalue weighted by Gasteiger charge is -2.06. The van der Waals surface area contributed by atoms with E-state index in [1.165, 1.54) is 0 Å². The Bertz CT molecular complexity index is 262. The number of phenolic OH excluding ortho intramolecular Hbond substituents is 1. The summed E-state index contributed by atoms with van der Waals surface area (Å²) < 4.78 is 9.74. The van der Waals surface area contributed by atoms with Crippen LogP contribution in [0, 0.1) is 0 Å². The highest BCUT2D eigenvalue weighted by molar-refractivity contribution is 9.06. The van der Waals surface area contributed by atoms with Gasteiger partial charge in [0, 0.05) is 7.11 Å². The number of hydrogen-bond acceptors (Lipinski definition) is 3. The molecule has 3 nitrogen and oxygen atoms in total. The number of ether oxygens (including phenoxy) is 1. The van der Waals surface area contributed by atoms with Crippen molar-refractivity contribution in [2.45, 2.75) is 6.61 Å². The minimum absolute atomic E-state index is 0.175. The monoisotopic (exact) mass is 232 g/mol. The maximum absolute atomic E-state index is 9.37. The molecule has 66 valence electrons. The summed E-state index contributed by atoms with van der Waals surface area (Å²) in [6, 6.07) is 5.03. The molecule has 0 aliphatic carbocycles. The normalized spacial score (nSPS) is 9.83. The van der Waals surface area contributed by atoms with Gasteiger partial charge in [-0.25, -0.2) is 0 Å². The van der Waals surface area contributed by atoms with Crippen LogP contribution in [0.4, 0.5) is 0 Å². The van der Waals surface area contributed by atoms with E-state index in [0.29, 0.717) is 17.9 Å². The number of phenols is 1. The molecule has 0 fully saturated rings. The molecule has 1 rings (SSSR count). The highest BCUT2D eigenvalue weighted by Gasteiger charge is 2.07. The van der Waals surface area contributed by atoms with E-state index in [1.54, 1.807) is 25.3 Å². The average molecular weight is 233 g/mol. The first-order valence-electron chi connectivity index (χ1n) is 3.38. The van der Waals surface area contributed by atoms with E-state index in [-0.39, 0.29) is 5.75 Å². The van der Waals surface area contributed by atoms with Crippen molar-refractivity contribution in [3.8, 4) is 11.5 Å². The van der Waals surface area contributed by atoms with Crippen LogP contribution >= 0.6 is 16.3 Å². The molecule has 1 aromatic rings. The first kappa shape index (κ1) is 9.35. The third-order valence-corrected chi connectivity index (χ3v) is 1.83. The van der Waals surface area contributed by atoms with Gasteiger partial charge in [0.15, 0.2) is 16.3 Å². The smallest absolute Gasteiger partial charge is 0.179 e. The summed E-state index contributed by atoms with van der Waals surface area (Å²) in [5, 5.41) is 9.37. The van der Waals surface area contributed by atoms with Gasteiger partial charge in [-0.2, -0.15) is 0 Å². The summed E-state index contributed by atoms with van der Waals surface area (Å²) in [6.07, 6.45) is 0. The summed E-state index contributed by atoms with van der Waals surface area (Å²) in [5.74, 6) is 0.741. The quantitative estimate of drug-likeness (QED) is 0.869. The van der Waals surface area contributed by atoms with Gasteiger partial charge in [-0.3, -0.25) is 0 Å². The summed E-state index contributed by atoms with van der Waals surface area (Å²) in [5.41, 5.74) is 0.636. The van der Waals surface area contributed by atoms with E-state index in [9.17, 15) is 5.11 Å². The highest BCUT2D eigenvalue weighted by Crippen LogP contribution is 2.28. The Morgan fingerprint density at radius 1 is 1.50 bits per heavy atom. The van der Waals surface area contributed by atoms with Gasteiger partial charge in [0.1, 0.15) is 11.5 Å². The van der Waals surface area contributed by atoms with Gasteiger partial charge in [-0.15, -0.1) is 0 Å². The second-order valence-corrected chi connectivity index (χ2v) is 2.59. The minimum Gasteiger partial charge on any atom is -0.507 e. The van der Waals surface area contributed by atoms with Crippen molar-refractivity contribution in [3.05, 3.63) is 23.8 Å². The van der Waals surface area contributed by atoms with Crippen LogP contribution in [0.1, 0.15) is 5.56 Å². The molecular formula is C8H9BrO3. The molecule has 4 heteroatoms. The largest absolute Gasteiger partial charge is 0.507 e. The van der Waals surface area contributed by atoms with Gasteiger partial charge in [-0.1, -0.05) is 6.07 Å². The van der Waals surface area contributed by atoms with E-state index in [2.05, 4.69) is 16.3 Å². The summed E-state index contributed by atoms with van der Waals surface area (Å²) in [7, 11) is 1.56. The van der Waals surface area contributed by atoms with Gasteiger partial charge in [0.25, 0.3) is 0 Å². The second kappa shape index (κ2) is 4.33. The predicted octanol–water partition coefficient (Wildman–Crippen LogP) is 2.23. The maximum Gasteiger partial charge on any atom is 0.179 e. The fourth-order valence-electron chi connectivity index (χ4n) is 0.916. The molecule has 0 radical (unpaired) electrons. The average Bonchev–Trinajstić information content (AvgIpc) is 2.09. The van der Waals surface area contributed by atoms with Crippen LogP contribution in [0.15, 0.2) is 18.2 Å². The predicted molar refractivity (Wildman–Crippen MR) is 48.4 cm³/mol. The van der Waals surface area contributed by atoms with Gasteiger partial charge >= 0.3 is 0 Å². The molecule has 0 aliphatic heterocycles. The molecule has 0 saturated heterocycles. The second-order valence-electron chi connectivity index (χ2n) is 2.26. The van der Waals surface area contributed by atoms with Crippen LogP contribution in [-0.2, 0) is 11.3 Å². The van der Waals surface area contributed by atoms with Crippen molar-refractivity contribution in [1.82, 2.24) is 0 Å². The lowest BCUT2D eigenvalue weighted by molar-refractivity contribution is 0.180. The third kappa shape index (κ3) is 1.89. The Morgan fingerprint density at radius 2 is 2.25 bits per heavy atom. The Hall–Kier alpha value is -0.740. The molecule has 1 aromatic carbocycles. The summed E-state index contributed by atoms with van der Waals surface area (Å²) >= 11 is 2.85. The number of aromatic hydroxyl groups is 1. The fraction of sp³-hybridized carbons (Fsp3) is 0.250. The van der Waals surface area contributed by atoms with Crippen molar-refractivity contribution in [2.24, 2.45) is 0 Å². The molecule has 0 unspecified atom stereocenters. The molecule has 0 aliphatic rings. The third-order valence-electron chi connectivity index (χ3n) is 1.48. The Kier molecular flexibility index (Phi) is 3.37. The number of halogens is 1. The zero-order valence-corrected chi connectivity index (χ0v) is 8.17. The SMILES string of the molecule is COCc1c(O)cccc1OBr. The molecule has 0 aromatic heterocycles. The molecule has 1 N–H and O–H groups in total. The van der Waals surface area contributed by atoms with E-state index < -0.39 is 0 Å². The minimum atomic E-state index is 0.175. The van der Waals surface area contributed by atoms with E-state index in [4.69, 9.17) is 8.57 Å². The van der Waals surface area contributed by atoms with Crippen molar-refractivity contribution >= 4 is 16.3 Å². The van der Waals surface area contributed by atoms with Crippen LogP contribution < -0.4 is 3.83 Å². The van der Waals surface area contributed by atoms with Gasteiger partial charge in [0.05, 0.1) is 12.2 Å². The van der Waals surface area contributed by atoms with Gasteiger partial charge < -0.3 is 13.7 Å². The molecule has 0 spiro atoms. The summed E-state index contributed by atoms with van der Waals surface area (Å²) in [6.45, 7) is 0.327.